The Morgan fingerprint density at radius 2 is 2.03 bits per heavy atom. The van der Waals surface area contributed by atoms with E-state index in [0.717, 1.165) is 3.57 Å². The van der Waals surface area contributed by atoms with E-state index in [9.17, 15) is 9.59 Å². The van der Waals surface area contributed by atoms with Gasteiger partial charge in [-0.05, 0) is 72.0 Å². The molecule has 2 aromatic rings. The van der Waals surface area contributed by atoms with E-state index < -0.39 is 17.9 Å². The first-order valence-corrected chi connectivity index (χ1v) is 10.7. The van der Waals surface area contributed by atoms with Gasteiger partial charge >= 0.3 is 5.97 Å². The van der Waals surface area contributed by atoms with Crippen LogP contribution in [0.15, 0.2) is 70.1 Å². The molecule has 0 spiro atoms. The lowest BCUT2D eigenvalue weighted by Crippen LogP contribution is -2.26. The van der Waals surface area contributed by atoms with Gasteiger partial charge in [-0.15, -0.1) is 0 Å². The third-order valence-electron chi connectivity index (χ3n) is 4.15. The Bertz CT molecular complexity index is 992. The highest BCUT2D eigenvalue weighted by Crippen LogP contribution is 2.28. The standard InChI is InChI=1S/C21H19ClIN3O4/c1-2-29-21(28)18(26-25-16-5-3-4-13(22)12-16)17-10-11-30-19(17)20(27)24-15-8-6-14(23)7-9-15/h3-9,12,18H,2,10-11H2,1H3,(H,24,27). The number of benzene rings is 2. The number of ether oxygens (including phenoxy) is 2. The van der Waals surface area contributed by atoms with Crippen LogP contribution in [0.4, 0.5) is 11.4 Å². The quantitative estimate of drug-likeness (QED) is 0.295. The summed E-state index contributed by atoms with van der Waals surface area (Å²) in [5.74, 6) is -0.976. The van der Waals surface area contributed by atoms with Crippen LogP contribution in [0.5, 0.6) is 0 Å². The number of rotatable bonds is 7. The van der Waals surface area contributed by atoms with E-state index in [0.29, 0.717) is 28.4 Å². The molecule has 1 unspecified atom stereocenters. The Kier molecular flexibility index (Phi) is 7.81. The molecule has 0 aliphatic carbocycles. The molecule has 0 radical (unpaired) electrons. The van der Waals surface area contributed by atoms with Gasteiger partial charge in [-0.2, -0.15) is 10.2 Å². The smallest absolute Gasteiger partial charge is 0.337 e. The number of carbonyl (C=O) groups is 2. The SMILES string of the molecule is CCOC(=O)C(N=Nc1cccc(Cl)c1)C1=C(C(=O)Nc2ccc(I)cc2)OCC1. The summed E-state index contributed by atoms with van der Waals surface area (Å²) in [6.45, 7) is 2.15. The zero-order chi connectivity index (χ0) is 21.5. The molecule has 1 N–H and O–H groups in total. The second-order valence-electron chi connectivity index (χ2n) is 6.26. The number of hydrogen-bond donors (Lipinski definition) is 1. The Morgan fingerprint density at radius 3 is 2.73 bits per heavy atom. The fourth-order valence-electron chi connectivity index (χ4n) is 2.81. The van der Waals surface area contributed by atoms with Crippen molar-refractivity contribution in [2.75, 3.05) is 18.5 Å². The summed E-state index contributed by atoms with van der Waals surface area (Å²) in [4.78, 5) is 25.3. The van der Waals surface area contributed by atoms with E-state index in [1.54, 1.807) is 43.3 Å². The summed E-state index contributed by atoms with van der Waals surface area (Å²) in [7, 11) is 0. The maximum atomic E-state index is 12.8. The normalized spacial score (nSPS) is 14.5. The molecule has 9 heteroatoms. The van der Waals surface area contributed by atoms with E-state index >= 15 is 0 Å². The highest BCUT2D eigenvalue weighted by Gasteiger charge is 2.34. The third-order valence-corrected chi connectivity index (χ3v) is 5.11. The van der Waals surface area contributed by atoms with Gasteiger partial charge < -0.3 is 14.8 Å². The highest BCUT2D eigenvalue weighted by molar-refractivity contribution is 14.1. The van der Waals surface area contributed by atoms with Crippen molar-refractivity contribution in [3.05, 3.63) is 68.5 Å². The number of nitrogens with one attached hydrogen (secondary N) is 1. The van der Waals surface area contributed by atoms with Crippen molar-refractivity contribution in [3.63, 3.8) is 0 Å². The average Bonchev–Trinajstić information content (AvgIpc) is 3.20. The van der Waals surface area contributed by atoms with Crippen molar-refractivity contribution in [2.45, 2.75) is 19.4 Å². The van der Waals surface area contributed by atoms with Gasteiger partial charge in [0.05, 0.1) is 18.9 Å². The molecule has 0 fully saturated rings. The van der Waals surface area contributed by atoms with Crippen molar-refractivity contribution < 1.29 is 19.1 Å². The summed E-state index contributed by atoms with van der Waals surface area (Å²) < 4.78 is 11.7. The van der Waals surface area contributed by atoms with Gasteiger partial charge in [0.1, 0.15) is 0 Å². The number of hydrogen-bond acceptors (Lipinski definition) is 6. The summed E-state index contributed by atoms with van der Waals surface area (Å²) in [5, 5.41) is 11.6. The zero-order valence-electron chi connectivity index (χ0n) is 16.1. The minimum absolute atomic E-state index is 0.0663. The number of carbonyl (C=O) groups excluding carboxylic acids is 2. The lowest BCUT2D eigenvalue weighted by atomic mass is 10.0. The lowest BCUT2D eigenvalue weighted by Gasteiger charge is -2.13. The number of amides is 1. The number of halogens is 2. The van der Waals surface area contributed by atoms with Gasteiger partial charge in [-0.1, -0.05) is 17.7 Å². The molecule has 1 amide bonds. The van der Waals surface area contributed by atoms with Gasteiger partial charge in [-0.3, -0.25) is 4.79 Å². The maximum Gasteiger partial charge on any atom is 0.337 e. The number of esters is 1. The van der Waals surface area contributed by atoms with Gasteiger partial charge in [0.25, 0.3) is 5.91 Å². The topological polar surface area (TPSA) is 89.4 Å². The average molecular weight is 540 g/mol. The Labute approximate surface area is 192 Å². The molecule has 0 saturated heterocycles. The predicted octanol–water partition coefficient (Wildman–Crippen LogP) is 5.27. The molecule has 0 saturated carbocycles. The summed E-state index contributed by atoms with van der Waals surface area (Å²) in [6.07, 6.45) is 0.369. The monoisotopic (exact) mass is 539 g/mol. The van der Waals surface area contributed by atoms with Gasteiger partial charge in [0.2, 0.25) is 0 Å². The number of nitrogens with zero attached hydrogens (tertiary/aromatic N) is 2. The fourth-order valence-corrected chi connectivity index (χ4v) is 3.35. The van der Waals surface area contributed by atoms with Crippen LogP contribution in [-0.2, 0) is 19.1 Å². The predicted molar refractivity (Wildman–Crippen MR) is 122 cm³/mol. The lowest BCUT2D eigenvalue weighted by molar-refractivity contribution is -0.143. The fraction of sp³-hybridized carbons (Fsp3) is 0.238. The van der Waals surface area contributed by atoms with E-state index in [1.165, 1.54) is 0 Å². The molecule has 0 aromatic heterocycles. The largest absolute Gasteiger partial charge is 0.488 e. The number of anilines is 1. The first-order chi connectivity index (χ1) is 14.5. The van der Waals surface area contributed by atoms with Crippen LogP contribution in [-0.4, -0.2) is 31.1 Å². The molecule has 30 heavy (non-hydrogen) atoms. The van der Waals surface area contributed by atoms with Gasteiger partial charge in [-0.25, -0.2) is 4.79 Å². The molecular formula is C21H19ClIN3O4. The first-order valence-electron chi connectivity index (χ1n) is 9.23. The Morgan fingerprint density at radius 1 is 1.27 bits per heavy atom. The molecule has 1 aliphatic rings. The van der Waals surface area contributed by atoms with Gasteiger partial charge in [0.15, 0.2) is 11.8 Å². The van der Waals surface area contributed by atoms with Gasteiger partial charge in [0, 0.05) is 26.3 Å². The summed E-state index contributed by atoms with van der Waals surface area (Å²) >= 11 is 8.16. The van der Waals surface area contributed by atoms with Crippen LogP contribution < -0.4 is 5.32 Å². The highest BCUT2D eigenvalue weighted by atomic mass is 127. The Balaban J connectivity index is 1.88. The molecule has 2 aromatic carbocycles. The molecule has 3 rings (SSSR count). The van der Waals surface area contributed by atoms with Crippen LogP contribution >= 0.6 is 34.2 Å². The first kappa shape index (κ1) is 22.2. The molecule has 1 atom stereocenters. The van der Waals surface area contributed by atoms with Crippen molar-refractivity contribution in [1.82, 2.24) is 0 Å². The maximum absolute atomic E-state index is 12.8. The van der Waals surface area contributed by atoms with Crippen molar-refractivity contribution >= 4 is 57.4 Å². The zero-order valence-corrected chi connectivity index (χ0v) is 19.0. The van der Waals surface area contributed by atoms with E-state index in [-0.39, 0.29) is 19.0 Å². The Hall–Kier alpha value is -2.46. The molecular weight excluding hydrogens is 521 g/mol. The van der Waals surface area contributed by atoms with Crippen molar-refractivity contribution in [3.8, 4) is 0 Å². The summed E-state index contributed by atoms with van der Waals surface area (Å²) in [5.41, 5.74) is 1.54. The summed E-state index contributed by atoms with van der Waals surface area (Å²) in [6, 6.07) is 13.0. The molecule has 7 nitrogen and oxygen atoms in total. The minimum atomic E-state index is -1.08. The van der Waals surface area contributed by atoms with Crippen LogP contribution in [0.1, 0.15) is 13.3 Å². The molecule has 1 aliphatic heterocycles. The molecule has 0 bridgehead atoms. The van der Waals surface area contributed by atoms with E-state index in [2.05, 4.69) is 38.1 Å². The van der Waals surface area contributed by atoms with Crippen LogP contribution in [0, 0.1) is 3.57 Å². The second-order valence-corrected chi connectivity index (χ2v) is 7.95. The molecule has 156 valence electrons. The van der Waals surface area contributed by atoms with Crippen molar-refractivity contribution in [2.24, 2.45) is 10.2 Å². The molecule has 1 heterocycles. The van der Waals surface area contributed by atoms with E-state index in [1.807, 2.05) is 12.1 Å². The second kappa shape index (κ2) is 10.5. The number of azo groups is 1. The van der Waals surface area contributed by atoms with E-state index in [4.69, 9.17) is 21.1 Å². The van der Waals surface area contributed by atoms with Crippen LogP contribution in [0.3, 0.4) is 0 Å². The minimum Gasteiger partial charge on any atom is -0.488 e. The van der Waals surface area contributed by atoms with Crippen LogP contribution in [0.2, 0.25) is 5.02 Å². The third kappa shape index (κ3) is 5.79. The van der Waals surface area contributed by atoms with Crippen molar-refractivity contribution in [1.29, 1.82) is 0 Å². The van der Waals surface area contributed by atoms with Crippen LogP contribution in [0.25, 0.3) is 0 Å².